The molecule has 0 saturated carbocycles. The van der Waals surface area contributed by atoms with E-state index in [9.17, 15) is 30.8 Å². The minimum absolute atomic E-state index is 0.00227. The molecule has 0 radical (unpaired) electrons. The van der Waals surface area contributed by atoms with Gasteiger partial charge in [-0.25, -0.2) is 4.39 Å². The van der Waals surface area contributed by atoms with Crippen LogP contribution in [0.1, 0.15) is 27.2 Å². The number of benzene rings is 3. The second-order valence-electron chi connectivity index (χ2n) is 7.96. The quantitative estimate of drug-likeness (QED) is 0.204. The number of halogens is 4. The van der Waals surface area contributed by atoms with Crippen LogP contribution < -0.4 is 4.18 Å². The van der Waals surface area contributed by atoms with E-state index in [-0.39, 0.29) is 24.4 Å². The van der Waals surface area contributed by atoms with Gasteiger partial charge < -0.3 is 13.5 Å². The maximum atomic E-state index is 13.3. The van der Waals surface area contributed by atoms with Crippen molar-refractivity contribution >= 4 is 16.0 Å². The third-order valence-electron chi connectivity index (χ3n) is 5.23. The number of furan rings is 1. The summed E-state index contributed by atoms with van der Waals surface area (Å²) >= 11 is 0. The molecular formula is C26H19F4NO5S. The molecule has 0 aliphatic rings. The molecule has 37 heavy (non-hydrogen) atoms. The van der Waals surface area contributed by atoms with E-state index in [0.717, 1.165) is 30.3 Å². The fourth-order valence-electron chi connectivity index (χ4n) is 3.48. The number of alkyl halides is 3. The van der Waals surface area contributed by atoms with Gasteiger partial charge in [0.25, 0.3) is 5.91 Å². The lowest BCUT2D eigenvalue weighted by Crippen LogP contribution is -2.30. The van der Waals surface area contributed by atoms with Crippen LogP contribution in [-0.2, 0) is 29.4 Å². The van der Waals surface area contributed by atoms with Gasteiger partial charge in [-0.1, -0.05) is 18.2 Å². The molecule has 0 aliphatic carbocycles. The number of carbonyl (C=O) groups excluding carboxylic acids is 1. The Labute approximate surface area is 209 Å². The van der Waals surface area contributed by atoms with Gasteiger partial charge >= 0.3 is 16.3 Å². The Morgan fingerprint density at radius 1 is 0.892 bits per heavy atom. The number of amides is 1. The lowest BCUT2D eigenvalue weighted by atomic mass is 10.1. The molecule has 4 rings (SSSR count). The van der Waals surface area contributed by atoms with E-state index in [1.54, 1.807) is 18.2 Å². The van der Waals surface area contributed by atoms with Gasteiger partial charge in [-0.2, -0.15) is 21.6 Å². The number of rotatable bonds is 8. The van der Waals surface area contributed by atoms with Crippen molar-refractivity contribution in [2.75, 3.05) is 0 Å². The van der Waals surface area contributed by atoms with Crippen LogP contribution in [0.4, 0.5) is 17.6 Å². The maximum absolute atomic E-state index is 13.3. The second kappa shape index (κ2) is 10.5. The SMILES string of the molecule is O=C(c1ccc(F)cc1)N(Cc1cccc(OS(=O)(=O)c2cccc(C(F)(F)F)c2)c1)Cc1ccco1. The van der Waals surface area contributed by atoms with E-state index >= 15 is 0 Å². The van der Waals surface area contributed by atoms with Crippen LogP contribution >= 0.6 is 0 Å². The van der Waals surface area contributed by atoms with Gasteiger partial charge in [-0.05, 0) is 72.3 Å². The van der Waals surface area contributed by atoms with Crippen molar-refractivity contribution in [1.82, 2.24) is 4.90 Å². The Morgan fingerprint density at radius 3 is 2.30 bits per heavy atom. The first-order valence-electron chi connectivity index (χ1n) is 10.8. The lowest BCUT2D eigenvalue weighted by molar-refractivity contribution is -0.137. The van der Waals surface area contributed by atoms with Gasteiger partial charge in [-0.3, -0.25) is 4.79 Å². The molecule has 1 heterocycles. The minimum Gasteiger partial charge on any atom is -0.467 e. The van der Waals surface area contributed by atoms with E-state index in [1.807, 2.05) is 0 Å². The van der Waals surface area contributed by atoms with Crippen LogP contribution in [0, 0.1) is 5.82 Å². The first-order valence-corrected chi connectivity index (χ1v) is 12.2. The van der Waals surface area contributed by atoms with Crippen LogP contribution in [0.15, 0.2) is 101 Å². The fourth-order valence-corrected chi connectivity index (χ4v) is 4.45. The summed E-state index contributed by atoms with van der Waals surface area (Å²) in [7, 11) is -4.58. The molecule has 0 fully saturated rings. The fraction of sp³-hybridized carbons (Fsp3) is 0.115. The van der Waals surface area contributed by atoms with Crippen molar-refractivity contribution in [3.8, 4) is 5.75 Å². The standard InChI is InChI=1S/C26H19F4NO5S/c27-21-11-9-19(10-12-21)25(32)31(17-23-7-3-13-35-23)16-18-4-1-6-22(14-18)36-37(33,34)24-8-2-5-20(15-24)26(28,29)30/h1-15H,16-17H2. The summed E-state index contributed by atoms with van der Waals surface area (Å²) in [5.74, 6) is -0.600. The molecular weight excluding hydrogens is 514 g/mol. The predicted molar refractivity (Wildman–Crippen MR) is 124 cm³/mol. The highest BCUT2D eigenvalue weighted by atomic mass is 32.2. The molecule has 0 saturated heterocycles. The number of carbonyl (C=O) groups is 1. The van der Waals surface area contributed by atoms with E-state index in [2.05, 4.69) is 0 Å². The van der Waals surface area contributed by atoms with Gasteiger partial charge in [0, 0.05) is 12.1 Å². The molecule has 0 aliphatic heterocycles. The van der Waals surface area contributed by atoms with Crippen LogP contribution in [-0.4, -0.2) is 19.2 Å². The summed E-state index contributed by atoms with van der Waals surface area (Å²) in [6.07, 6.45) is -3.27. The van der Waals surface area contributed by atoms with E-state index in [1.165, 1.54) is 41.5 Å². The molecule has 0 unspecified atom stereocenters. The molecule has 192 valence electrons. The summed E-state index contributed by atoms with van der Waals surface area (Å²) in [5.41, 5.74) is -0.426. The van der Waals surface area contributed by atoms with Gasteiger partial charge in [0.1, 0.15) is 22.2 Å². The molecule has 4 aromatic rings. The molecule has 6 nitrogen and oxygen atoms in total. The Kier molecular flexibility index (Phi) is 7.35. The minimum atomic E-state index is -4.72. The molecule has 0 spiro atoms. The Balaban J connectivity index is 1.57. The molecule has 0 bridgehead atoms. The van der Waals surface area contributed by atoms with Crippen LogP contribution in [0.5, 0.6) is 5.75 Å². The first kappa shape index (κ1) is 26.0. The van der Waals surface area contributed by atoms with Crippen LogP contribution in [0.25, 0.3) is 0 Å². The molecule has 0 N–H and O–H groups in total. The third kappa shape index (κ3) is 6.56. The van der Waals surface area contributed by atoms with Gasteiger partial charge in [0.15, 0.2) is 0 Å². The number of hydrogen-bond donors (Lipinski definition) is 0. The largest absolute Gasteiger partial charge is 0.467 e. The molecule has 1 aromatic heterocycles. The highest BCUT2D eigenvalue weighted by Gasteiger charge is 2.32. The Hall–Kier alpha value is -4.12. The van der Waals surface area contributed by atoms with Crippen molar-refractivity contribution < 1.29 is 39.4 Å². The average molecular weight is 533 g/mol. The molecule has 11 heteroatoms. The molecule has 0 atom stereocenters. The van der Waals surface area contributed by atoms with Crippen molar-refractivity contribution in [2.24, 2.45) is 0 Å². The van der Waals surface area contributed by atoms with Crippen LogP contribution in [0.3, 0.4) is 0 Å². The van der Waals surface area contributed by atoms with Crippen molar-refractivity contribution in [1.29, 1.82) is 0 Å². The maximum Gasteiger partial charge on any atom is 0.416 e. The number of hydrogen-bond acceptors (Lipinski definition) is 5. The van der Waals surface area contributed by atoms with Gasteiger partial charge in [-0.15, -0.1) is 0 Å². The smallest absolute Gasteiger partial charge is 0.416 e. The zero-order valence-electron chi connectivity index (χ0n) is 19.0. The third-order valence-corrected chi connectivity index (χ3v) is 6.48. The highest BCUT2D eigenvalue weighted by molar-refractivity contribution is 7.87. The van der Waals surface area contributed by atoms with Crippen molar-refractivity contribution in [3.05, 3.63) is 119 Å². The second-order valence-corrected chi connectivity index (χ2v) is 9.50. The van der Waals surface area contributed by atoms with Crippen molar-refractivity contribution in [3.63, 3.8) is 0 Å². The zero-order valence-corrected chi connectivity index (χ0v) is 19.8. The van der Waals surface area contributed by atoms with Crippen LogP contribution in [0.2, 0.25) is 0 Å². The van der Waals surface area contributed by atoms with E-state index < -0.39 is 38.5 Å². The predicted octanol–water partition coefficient (Wildman–Crippen LogP) is 6.05. The summed E-state index contributed by atoms with van der Waals surface area (Å²) in [6, 6.07) is 17.3. The normalized spacial score (nSPS) is 11.8. The first-order chi connectivity index (χ1) is 17.5. The van der Waals surface area contributed by atoms with E-state index in [4.69, 9.17) is 8.60 Å². The number of nitrogens with zero attached hydrogens (tertiary/aromatic N) is 1. The highest BCUT2D eigenvalue weighted by Crippen LogP contribution is 2.31. The van der Waals surface area contributed by atoms with Gasteiger partial charge in [0.2, 0.25) is 0 Å². The van der Waals surface area contributed by atoms with E-state index in [0.29, 0.717) is 17.4 Å². The Bertz CT molecular complexity index is 1480. The summed E-state index contributed by atoms with van der Waals surface area (Å²) in [6.45, 7) is 0.0640. The molecule has 3 aromatic carbocycles. The summed E-state index contributed by atoms with van der Waals surface area (Å²) in [4.78, 5) is 13.9. The van der Waals surface area contributed by atoms with Gasteiger partial charge in [0.05, 0.1) is 18.4 Å². The van der Waals surface area contributed by atoms with Crippen molar-refractivity contribution in [2.45, 2.75) is 24.2 Å². The average Bonchev–Trinajstić information content (AvgIpc) is 3.36. The lowest BCUT2D eigenvalue weighted by Gasteiger charge is -2.22. The topological polar surface area (TPSA) is 76.8 Å². The monoisotopic (exact) mass is 533 g/mol. The Morgan fingerprint density at radius 2 is 1.62 bits per heavy atom. The zero-order chi connectivity index (χ0) is 26.6. The summed E-state index contributed by atoms with van der Waals surface area (Å²) in [5, 5.41) is 0. The molecule has 1 amide bonds. The summed E-state index contributed by atoms with van der Waals surface area (Å²) < 4.78 is 88.1.